The molecular weight excluding hydrogens is 246 g/mol. The molecule has 1 aliphatic heterocycles. The molecule has 18 heavy (non-hydrogen) atoms. The fourth-order valence-corrected chi connectivity index (χ4v) is 2.65. The van der Waals surface area contributed by atoms with Gasteiger partial charge in [-0.2, -0.15) is 0 Å². The molecule has 0 atom stereocenters. The van der Waals surface area contributed by atoms with Crippen molar-refractivity contribution in [3.8, 4) is 0 Å². The summed E-state index contributed by atoms with van der Waals surface area (Å²) < 4.78 is 23.4. The van der Waals surface area contributed by atoms with E-state index in [4.69, 9.17) is 15.7 Å². The highest BCUT2D eigenvalue weighted by Gasteiger charge is 2.31. The number of nitrogens with zero attached hydrogens (tertiary/aromatic N) is 1. The summed E-state index contributed by atoms with van der Waals surface area (Å²) in [4.78, 5) is 13.2. The maximum absolute atomic E-state index is 11.9. The quantitative estimate of drug-likeness (QED) is 0.730. The minimum Gasteiger partial charge on any atom is -0.344 e. The van der Waals surface area contributed by atoms with Gasteiger partial charge in [-0.3, -0.25) is 4.79 Å². The number of halogens is 1. The summed E-state index contributed by atoms with van der Waals surface area (Å²) >= 11 is 5.78. The number of carbonyl (C=O) groups excluding carboxylic acids is 1. The van der Waals surface area contributed by atoms with Crippen LogP contribution in [0.1, 0.15) is 21.2 Å². The van der Waals surface area contributed by atoms with Gasteiger partial charge in [0, 0.05) is 22.5 Å². The lowest BCUT2D eigenvalue weighted by molar-refractivity contribution is -0.112. The molecule has 90 valence electrons. The SMILES string of the molecule is [2H]C([2H])([2H])N1c2ccccc2C(C(=O)Cl)c2ccccc21. The van der Waals surface area contributed by atoms with Gasteiger partial charge in [0.15, 0.2) is 0 Å². The van der Waals surface area contributed by atoms with Crippen LogP contribution in [-0.2, 0) is 4.79 Å². The highest BCUT2D eigenvalue weighted by molar-refractivity contribution is 6.65. The molecule has 0 aliphatic carbocycles. The van der Waals surface area contributed by atoms with E-state index in [1.807, 2.05) is 0 Å². The molecule has 3 heteroatoms. The third kappa shape index (κ3) is 1.53. The molecule has 3 rings (SSSR count). The minimum atomic E-state index is -2.34. The molecule has 1 aliphatic rings. The number of fused-ring (bicyclic) bond motifs is 2. The predicted octanol–water partition coefficient (Wildman–Crippen LogP) is 3.67. The molecule has 2 aromatic carbocycles. The normalized spacial score (nSPS) is 17.2. The molecule has 0 radical (unpaired) electrons. The van der Waals surface area contributed by atoms with Crippen molar-refractivity contribution in [1.82, 2.24) is 0 Å². The summed E-state index contributed by atoms with van der Waals surface area (Å²) in [5.74, 6) is -0.641. The molecule has 2 nitrogen and oxygen atoms in total. The zero-order valence-corrected chi connectivity index (χ0v) is 10.2. The number of anilines is 2. The van der Waals surface area contributed by atoms with Gasteiger partial charge in [-0.05, 0) is 34.9 Å². The van der Waals surface area contributed by atoms with E-state index in [2.05, 4.69) is 0 Å². The van der Waals surface area contributed by atoms with Gasteiger partial charge in [0.2, 0.25) is 5.24 Å². The van der Waals surface area contributed by atoms with Crippen LogP contribution in [0.15, 0.2) is 48.5 Å². The molecule has 0 fully saturated rings. The molecule has 0 aromatic heterocycles. The number of hydrogen-bond acceptors (Lipinski definition) is 2. The van der Waals surface area contributed by atoms with E-state index in [0.717, 1.165) is 0 Å². The van der Waals surface area contributed by atoms with Crippen LogP contribution in [0.2, 0.25) is 0 Å². The minimum absolute atomic E-state index is 0.496. The van der Waals surface area contributed by atoms with Crippen LogP contribution < -0.4 is 4.90 Å². The molecular formula is C15H12ClNO. The Morgan fingerprint density at radius 1 is 1.11 bits per heavy atom. The first-order chi connectivity index (χ1) is 9.91. The summed E-state index contributed by atoms with van der Waals surface area (Å²) in [6.45, 7) is -2.34. The second-order valence-corrected chi connectivity index (χ2v) is 4.56. The van der Waals surface area contributed by atoms with Crippen molar-refractivity contribution in [2.45, 2.75) is 5.92 Å². The first-order valence-corrected chi connectivity index (χ1v) is 5.96. The lowest BCUT2D eigenvalue weighted by Crippen LogP contribution is -2.24. The molecule has 0 saturated heterocycles. The van der Waals surface area contributed by atoms with Crippen molar-refractivity contribution in [3.63, 3.8) is 0 Å². The molecule has 0 saturated carbocycles. The maximum atomic E-state index is 11.9. The van der Waals surface area contributed by atoms with Crippen LogP contribution >= 0.6 is 11.6 Å². The molecule has 0 amide bonds. The molecule has 0 unspecified atom stereocenters. The summed E-state index contributed by atoms with van der Waals surface area (Å²) in [6, 6.07) is 13.9. The maximum Gasteiger partial charge on any atom is 0.233 e. The standard InChI is InChI=1S/C15H12ClNO/c1-17-12-8-4-2-6-10(12)14(15(16)18)11-7-3-5-9-13(11)17/h2-9,14H,1H3/i1D3. The number of rotatable bonds is 1. The van der Waals surface area contributed by atoms with Crippen LogP contribution in [0.5, 0.6) is 0 Å². The lowest BCUT2D eigenvalue weighted by atomic mass is 9.86. The Labute approximate surface area is 115 Å². The van der Waals surface area contributed by atoms with Gasteiger partial charge in [-0.1, -0.05) is 36.4 Å². The van der Waals surface area contributed by atoms with E-state index in [1.165, 1.54) is 4.90 Å². The summed E-state index contributed by atoms with van der Waals surface area (Å²) in [7, 11) is 0. The van der Waals surface area contributed by atoms with Gasteiger partial charge in [-0.15, -0.1) is 0 Å². The largest absolute Gasteiger partial charge is 0.344 e. The smallest absolute Gasteiger partial charge is 0.233 e. The Balaban J connectivity index is 2.34. The van der Waals surface area contributed by atoms with Crippen molar-refractivity contribution in [1.29, 1.82) is 0 Å². The van der Waals surface area contributed by atoms with Crippen molar-refractivity contribution in [2.75, 3.05) is 11.9 Å². The van der Waals surface area contributed by atoms with E-state index in [0.29, 0.717) is 22.5 Å². The first-order valence-electron chi connectivity index (χ1n) is 7.08. The zero-order valence-electron chi connectivity index (χ0n) is 12.4. The van der Waals surface area contributed by atoms with E-state index in [-0.39, 0.29) is 0 Å². The van der Waals surface area contributed by atoms with Crippen molar-refractivity contribution in [3.05, 3.63) is 59.7 Å². The van der Waals surface area contributed by atoms with E-state index >= 15 is 0 Å². The Kier molecular flexibility index (Phi) is 1.92. The van der Waals surface area contributed by atoms with Gasteiger partial charge in [0.1, 0.15) is 0 Å². The zero-order chi connectivity index (χ0) is 15.2. The Morgan fingerprint density at radius 3 is 2.06 bits per heavy atom. The second-order valence-electron chi connectivity index (χ2n) is 4.19. The molecule has 0 N–H and O–H groups in total. The van der Waals surface area contributed by atoms with Gasteiger partial charge in [0.05, 0.1) is 5.92 Å². The van der Waals surface area contributed by atoms with Crippen LogP contribution in [0.25, 0.3) is 0 Å². The fraction of sp³-hybridized carbons (Fsp3) is 0.133. The highest BCUT2D eigenvalue weighted by Crippen LogP contribution is 2.45. The molecule has 0 bridgehead atoms. The van der Waals surface area contributed by atoms with Crippen LogP contribution in [0.3, 0.4) is 0 Å². The fourth-order valence-electron chi connectivity index (χ4n) is 2.41. The van der Waals surface area contributed by atoms with Crippen LogP contribution in [0, 0.1) is 0 Å². The highest BCUT2D eigenvalue weighted by atomic mass is 35.5. The van der Waals surface area contributed by atoms with Crippen molar-refractivity contribution in [2.24, 2.45) is 0 Å². The predicted molar refractivity (Wildman–Crippen MR) is 73.7 cm³/mol. The van der Waals surface area contributed by atoms with Crippen molar-refractivity contribution >= 4 is 28.2 Å². The van der Waals surface area contributed by atoms with E-state index in [9.17, 15) is 4.79 Å². The number of carbonyl (C=O) groups is 1. The monoisotopic (exact) mass is 260 g/mol. The van der Waals surface area contributed by atoms with Gasteiger partial charge in [0.25, 0.3) is 0 Å². The molecule has 2 aromatic rings. The second kappa shape index (κ2) is 4.14. The lowest BCUT2D eigenvalue weighted by Gasteiger charge is -2.33. The van der Waals surface area contributed by atoms with E-state index in [1.54, 1.807) is 48.5 Å². The summed E-state index contributed by atoms with van der Waals surface area (Å²) in [5.41, 5.74) is 2.23. The third-order valence-electron chi connectivity index (χ3n) is 3.20. The topological polar surface area (TPSA) is 20.3 Å². The molecule has 0 spiro atoms. The van der Waals surface area contributed by atoms with Gasteiger partial charge in [-0.25, -0.2) is 0 Å². The number of hydrogen-bond donors (Lipinski definition) is 0. The third-order valence-corrected chi connectivity index (χ3v) is 3.42. The average Bonchev–Trinajstić information content (AvgIpc) is 2.42. The summed E-state index contributed by atoms with van der Waals surface area (Å²) in [5, 5.41) is -0.514. The van der Waals surface area contributed by atoms with Crippen LogP contribution in [0.4, 0.5) is 11.4 Å². The Bertz CT molecular complexity index is 667. The Morgan fingerprint density at radius 2 is 1.61 bits per heavy atom. The van der Waals surface area contributed by atoms with E-state index < -0.39 is 18.1 Å². The number of benzene rings is 2. The van der Waals surface area contributed by atoms with Crippen LogP contribution in [-0.4, -0.2) is 12.2 Å². The molecule has 1 heterocycles. The average molecular weight is 261 g/mol. The Hall–Kier alpha value is -1.80. The van der Waals surface area contributed by atoms with Gasteiger partial charge < -0.3 is 4.90 Å². The number of para-hydroxylation sites is 2. The first kappa shape index (κ1) is 8.33. The van der Waals surface area contributed by atoms with Gasteiger partial charge >= 0.3 is 0 Å². The summed E-state index contributed by atoms with van der Waals surface area (Å²) in [6.07, 6.45) is 0. The van der Waals surface area contributed by atoms with Crippen molar-refractivity contribution < 1.29 is 8.91 Å².